The molecule has 0 saturated carbocycles. The first kappa shape index (κ1) is 21.1. The van der Waals surface area contributed by atoms with Gasteiger partial charge in [0.2, 0.25) is 0 Å². The summed E-state index contributed by atoms with van der Waals surface area (Å²) in [6.45, 7) is 10.5. The van der Waals surface area contributed by atoms with E-state index in [-0.39, 0.29) is 6.04 Å². The van der Waals surface area contributed by atoms with E-state index in [2.05, 4.69) is 91.2 Å². The molecule has 4 aromatic rings. The van der Waals surface area contributed by atoms with Gasteiger partial charge in [-0.25, -0.2) is 9.97 Å². The van der Waals surface area contributed by atoms with E-state index in [0.717, 1.165) is 49.1 Å². The Kier molecular flexibility index (Phi) is 5.94. The van der Waals surface area contributed by atoms with Gasteiger partial charge in [0.25, 0.3) is 0 Å². The zero-order valence-electron chi connectivity index (χ0n) is 19.1. The van der Waals surface area contributed by atoms with E-state index in [1.807, 2.05) is 0 Å². The molecule has 5 heteroatoms. The first-order valence-electron chi connectivity index (χ1n) is 11.5. The number of fused-ring (bicyclic) bond motifs is 1. The number of aryl methyl sites for hydroxylation is 3. The Morgan fingerprint density at radius 3 is 2.00 bits per heavy atom. The van der Waals surface area contributed by atoms with Gasteiger partial charge in [-0.15, -0.1) is 11.3 Å². The number of piperazine rings is 1. The minimum atomic E-state index is 0.279. The van der Waals surface area contributed by atoms with E-state index >= 15 is 0 Å². The molecule has 4 nitrogen and oxygen atoms in total. The highest BCUT2D eigenvalue weighted by atomic mass is 32.1. The Morgan fingerprint density at radius 2 is 1.44 bits per heavy atom. The van der Waals surface area contributed by atoms with Crippen LogP contribution in [0, 0.1) is 13.8 Å². The van der Waals surface area contributed by atoms with Crippen LogP contribution in [0.3, 0.4) is 0 Å². The molecular weight excluding hydrogens is 412 g/mol. The molecule has 32 heavy (non-hydrogen) atoms. The Labute approximate surface area is 194 Å². The maximum absolute atomic E-state index is 5.01. The summed E-state index contributed by atoms with van der Waals surface area (Å²) in [6, 6.07) is 22.1. The second kappa shape index (κ2) is 9.00. The number of rotatable bonds is 5. The van der Waals surface area contributed by atoms with E-state index in [9.17, 15) is 0 Å². The molecule has 0 N–H and O–H groups in total. The largest absolute Gasteiger partial charge is 0.353 e. The second-order valence-corrected chi connectivity index (χ2v) is 9.73. The number of nitrogens with zero attached hydrogens (tertiary/aromatic N) is 4. The van der Waals surface area contributed by atoms with Gasteiger partial charge in [0.15, 0.2) is 0 Å². The van der Waals surface area contributed by atoms with Gasteiger partial charge in [-0.05, 0) is 30.5 Å². The third-order valence-electron chi connectivity index (χ3n) is 6.58. The van der Waals surface area contributed by atoms with E-state index in [0.29, 0.717) is 0 Å². The molecule has 0 amide bonds. The van der Waals surface area contributed by atoms with E-state index < -0.39 is 0 Å². The van der Waals surface area contributed by atoms with Gasteiger partial charge in [-0.3, -0.25) is 4.90 Å². The number of aromatic nitrogens is 2. The summed E-state index contributed by atoms with van der Waals surface area (Å²) in [7, 11) is 0. The van der Waals surface area contributed by atoms with E-state index in [1.54, 1.807) is 11.3 Å². The minimum Gasteiger partial charge on any atom is -0.353 e. The molecule has 0 spiro atoms. The topological polar surface area (TPSA) is 32.3 Å². The minimum absolute atomic E-state index is 0.279. The van der Waals surface area contributed by atoms with Gasteiger partial charge < -0.3 is 4.90 Å². The summed E-state index contributed by atoms with van der Waals surface area (Å²) in [5.41, 5.74) is 4.04. The van der Waals surface area contributed by atoms with Crippen LogP contribution in [-0.4, -0.2) is 41.0 Å². The molecule has 2 aromatic carbocycles. The van der Waals surface area contributed by atoms with Crippen LogP contribution >= 0.6 is 11.3 Å². The van der Waals surface area contributed by atoms with Gasteiger partial charge >= 0.3 is 0 Å². The van der Waals surface area contributed by atoms with Crippen molar-refractivity contribution in [3.63, 3.8) is 0 Å². The maximum atomic E-state index is 5.01. The van der Waals surface area contributed by atoms with Gasteiger partial charge in [0.1, 0.15) is 16.5 Å². The van der Waals surface area contributed by atoms with Crippen molar-refractivity contribution in [2.75, 3.05) is 31.1 Å². The predicted molar refractivity (Wildman–Crippen MR) is 135 cm³/mol. The lowest BCUT2D eigenvalue weighted by molar-refractivity contribution is 0.212. The van der Waals surface area contributed by atoms with Crippen LogP contribution in [0.2, 0.25) is 0 Å². The molecule has 1 aliphatic heterocycles. The molecule has 0 aliphatic carbocycles. The van der Waals surface area contributed by atoms with Crippen molar-refractivity contribution in [1.29, 1.82) is 0 Å². The molecule has 5 rings (SSSR count). The van der Waals surface area contributed by atoms with Crippen molar-refractivity contribution in [1.82, 2.24) is 14.9 Å². The molecule has 0 atom stereocenters. The molecule has 3 heterocycles. The van der Waals surface area contributed by atoms with Crippen LogP contribution in [0.15, 0.2) is 60.7 Å². The van der Waals surface area contributed by atoms with Gasteiger partial charge in [0.05, 0.1) is 11.4 Å². The number of hydrogen-bond acceptors (Lipinski definition) is 5. The molecule has 1 saturated heterocycles. The second-order valence-electron chi connectivity index (χ2n) is 8.53. The lowest BCUT2D eigenvalue weighted by atomic mass is 9.96. The van der Waals surface area contributed by atoms with E-state index in [4.69, 9.17) is 9.97 Å². The monoisotopic (exact) mass is 442 g/mol. The summed E-state index contributed by atoms with van der Waals surface area (Å²) < 4.78 is 0. The summed E-state index contributed by atoms with van der Waals surface area (Å²) in [5.74, 6) is 2.08. The Bertz CT molecular complexity index is 1160. The van der Waals surface area contributed by atoms with Crippen molar-refractivity contribution in [3.05, 3.63) is 88.1 Å². The summed E-state index contributed by atoms with van der Waals surface area (Å²) in [5, 5.41) is 1.25. The smallest absolute Gasteiger partial charge is 0.141 e. The first-order chi connectivity index (χ1) is 15.7. The lowest BCUT2D eigenvalue weighted by Gasteiger charge is -2.40. The molecule has 1 fully saturated rings. The summed E-state index contributed by atoms with van der Waals surface area (Å²) in [4.78, 5) is 17.4. The number of hydrogen-bond donors (Lipinski definition) is 0. The highest BCUT2D eigenvalue weighted by molar-refractivity contribution is 7.18. The Hall–Kier alpha value is -2.76. The average molecular weight is 443 g/mol. The van der Waals surface area contributed by atoms with Crippen molar-refractivity contribution in [2.45, 2.75) is 33.2 Å². The Morgan fingerprint density at radius 1 is 0.844 bits per heavy atom. The zero-order valence-corrected chi connectivity index (χ0v) is 19.9. The van der Waals surface area contributed by atoms with Crippen LogP contribution < -0.4 is 4.90 Å². The van der Waals surface area contributed by atoms with Crippen molar-refractivity contribution in [2.24, 2.45) is 0 Å². The van der Waals surface area contributed by atoms with Crippen molar-refractivity contribution >= 4 is 27.4 Å². The zero-order chi connectivity index (χ0) is 22.1. The maximum Gasteiger partial charge on any atom is 0.141 e. The van der Waals surface area contributed by atoms with Crippen LogP contribution in [-0.2, 0) is 6.42 Å². The quantitative estimate of drug-likeness (QED) is 0.392. The summed E-state index contributed by atoms with van der Waals surface area (Å²) >= 11 is 1.80. The standard InChI is InChI=1S/C27H30N4S/c1-4-23-28-26(24-19(2)20(3)32-27(24)29-23)31-17-15-30(16-18-31)25(21-11-7-5-8-12-21)22-13-9-6-10-14-22/h5-14,25H,4,15-18H2,1-3H3. The van der Waals surface area contributed by atoms with Crippen LogP contribution in [0.25, 0.3) is 10.2 Å². The van der Waals surface area contributed by atoms with Crippen LogP contribution in [0.1, 0.15) is 40.4 Å². The number of anilines is 1. The fourth-order valence-electron chi connectivity index (χ4n) is 4.74. The van der Waals surface area contributed by atoms with Crippen LogP contribution in [0.4, 0.5) is 5.82 Å². The number of benzene rings is 2. The molecule has 164 valence electrons. The SMILES string of the molecule is CCc1nc(N2CCN(C(c3ccccc3)c3ccccc3)CC2)c2c(C)c(C)sc2n1. The predicted octanol–water partition coefficient (Wildman–Crippen LogP) is 5.78. The average Bonchev–Trinajstić information content (AvgIpc) is 3.13. The highest BCUT2D eigenvalue weighted by Gasteiger charge is 2.28. The molecule has 0 radical (unpaired) electrons. The highest BCUT2D eigenvalue weighted by Crippen LogP contribution is 2.36. The number of thiophene rings is 1. The molecule has 1 aliphatic rings. The van der Waals surface area contributed by atoms with Gasteiger partial charge in [-0.2, -0.15) is 0 Å². The van der Waals surface area contributed by atoms with E-state index in [1.165, 1.54) is 27.0 Å². The third-order valence-corrected chi connectivity index (χ3v) is 7.68. The molecule has 0 unspecified atom stereocenters. The fraction of sp³-hybridized carbons (Fsp3) is 0.333. The fourth-order valence-corrected chi connectivity index (χ4v) is 5.78. The normalized spacial score (nSPS) is 15.1. The van der Waals surface area contributed by atoms with Gasteiger partial charge in [0, 0.05) is 37.5 Å². The third kappa shape index (κ3) is 3.91. The summed E-state index contributed by atoms with van der Waals surface area (Å²) in [6.07, 6.45) is 0.864. The van der Waals surface area contributed by atoms with Crippen LogP contribution in [0.5, 0.6) is 0 Å². The first-order valence-corrected chi connectivity index (χ1v) is 12.3. The Balaban J connectivity index is 1.45. The van der Waals surface area contributed by atoms with Crippen molar-refractivity contribution < 1.29 is 0 Å². The molecule has 0 bridgehead atoms. The lowest BCUT2D eigenvalue weighted by Crippen LogP contribution is -2.48. The van der Waals surface area contributed by atoms with Crippen molar-refractivity contribution in [3.8, 4) is 0 Å². The molecular formula is C27H30N4S. The van der Waals surface area contributed by atoms with Gasteiger partial charge in [-0.1, -0.05) is 67.6 Å². The molecule has 2 aromatic heterocycles.